The quantitative estimate of drug-likeness (QED) is 0.302. The van der Waals surface area contributed by atoms with Crippen molar-refractivity contribution in [3.63, 3.8) is 0 Å². The Morgan fingerprint density at radius 2 is 1.81 bits per heavy atom. The van der Waals surface area contributed by atoms with E-state index in [0.29, 0.717) is 23.0 Å². The van der Waals surface area contributed by atoms with E-state index in [2.05, 4.69) is 5.32 Å². The molecule has 0 unspecified atom stereocenters. The van der Waals surface area contributed by atoms with Gasteiger partial charge in [-0.2, -0.15) is 8.42 Å². The molecule has 0 aromatic heterocycles. The summed E-state index contributed by atoms with van der Waals surface area (Å²) < 4.78 is 44.7. The largest absolute Gasteiger partial charge is 0.379 e. The van der Waals surface area contributed by atoms with Gasteiger partial charge in [-0.15, -0.1) is 0 Å². The van der Waals surface area contributed by atoms with Crippen molar-refractivity contribution in [3.8, 4) is 5.75 Å². The van der Waals surface area contributed by atoms with Crippen LogP contribution in [0, 0.1) is 5.82 Å². The molecule has 0 bridgehead atoms. The van der Waals surface area contributed by atoms with Gasteiger partial charge < -0.3 is 9.50 Å². The number of nitrogens with one attached hydrogen (secondary N) is 1. The number of halogens is 2. The molecule has 1 aliphatic heterocycles. The molecule has 37 heavy (non-hydrogen) atoms. The van der Waals surface area contributed by atoms with Gasteiger partial charge in [-0.05, 0) is 71.9 Å². The van der Waals surface area contributed by atoms with Crippen molar-refractivity contribution in [3.05, 3.63) is 93.6 Å². The van der Waals surface area contributed by atoms with Crippen LogP contribution in [0.25, 0.3) is 6.08 Å². The van der Waals surface area contributed by atoms with Crippen LogP contribution in [0.4, 0.5) is 14.9 Å². The molecule has 0 radical (unpaired) electrons. The number of imide groups is 1. The Morgan fingerprint density at radius 1 is 1.11 bits per heavy atom. The first kappa shape index (κ1) is 26.4. The molecular weight excluding hydrogens is 543 g/mol. The molecule has 1 fully saturated rings. The normalized spacial score (nSPS) is 14.8. The standard InChI is InChI=1S/C25H18ClFN2O6S2/c1-15(30)28-17-8-10-19(11-9-17)37(33,34)35-18-5-2-4-16(12-18)13-23-24(31)29(25(32)36-23)14-20-21(26)6-3-7-22(20)27/h2-13H,14H2,1H3,(H,28,30)/b23-13-. The number of hydrogen-bond donors (Lipinski definition) is 1. The summed E-state index contributed by atoms with van der Waals surface area (Å²) in [6, 6.07) is 15.5. The maximum absolute atomic E-state index is 14.1. The zero-order valence-electron chi connectivity index (χ0n) is 19.1. The average molecular weight is 561 g/mol. The Labute approximate surface area is 221 Å². The second-order valence-corrected chi connectivity index (χ2v) is 10.7. The van der Waals surface area contributed by atoms with Crippen LogP contribution in [-0.2, 0) is 26.3 Å². The molecule has 190 valence electrons. The number of carbonyl (C=O) groups is 3. The minimum Gasteiger partial charge on any atom is -0.379 e. The Kier molecular flexibility index (Phi) is 7.67. The van der Waals surface area contributed by atoms with Crippen LogP contribution in [0.15, 0.2) is 76.5 Å². The first-order valence-corrected chi connectivity index (χ1v) is 13.2. The summed E-state index contributed by atoms with van der Waals surface area (Å²) in [5.74, 6) is -1.58. The van der Waals surface area contributed by atoms with Gasteiger partial charge in [0.2, 0.25) is 5.91 Å². The van der Waals surface area contributed by atoms with Gasteiger partial charge >= 0.3 is 10.1 Å². The van der Waals surface area contributed by atoms with Gasteiger partial charge in [0.25, 0.3) is 11.1 Å². The van der Waals surface area contributed by atoms with Crippen LogP contribution >= 0.6 is 23.4 Å². The Morgan fingerprint density at radius 3 is 2.49 bits per heavy atom. The highest BCUT2D eigenvalue weighted by atomic mass is 35.5. The summed E-state index contributed by atoms with van der Waals surface area (Å²) in [6.07, 6.45) is 1.41. The Bertz CT molecular complexity index is 1520. The number of thioether (sulfide) groups is 1. The summed E-state index contributed by atoms with van der Waals surface area (Å²) in [4.78, 5) is 37.2. The van der Waals surface area contributed by atoms with Crippen LogP contribution in [0.5, 0.6) is 5.75 Å². The summed E-state index contributed by atoms with van der Waals surface area (Å²) >= 11 is 6.69. The molecule has 3 aromatic rings. The molecule has 3 aromatic carbocycles. The third-order valence-electron chi connectivity index (χ3n) is 5.08. The van der Waals surface area contributed by atoms with Crippen molar-refractivity contribution in [1.82, 2.24) is 4.90 Å². The van der Waals surface area contributed by atoms with Crippen molar-refractivity contribution in [2.75, 3.05) is 5.32 Å². The van der Waals surface area contributed by atoms with Crippen molar-refractivity contribution < 1.29 is 31.4 Å². The van der Waals surface area contributed by atoms with Gasteiger partial charge in [0.05, 0.1) is 11.4 Å². The second-order valence-electron chi connectivity index (χ2n) is 7.78. The minimum atomic E-state index is -4.19. The lowest BCUT2D eigenvalue weighted by molar-refractivity contribution is -0.123. The highest BCUT2D eigenvalue weighted by Crippen LogP contribution is 2.35. The molecule has 8 nitrogen and oxygen atoms in total. The lowest BCUT2D eigenvalue weighted by atomic mass is 10.2. The molecule has 4 rings (SSSR count). The maximum Gasteiger partial charge on any atom is 0.339 e. The van der Waals surface area contributed by atoms with Gasteiger partial charge in [0.15, 0.2) is 0 Å². The SMILES string of the molecule is CC(=O)Nc1ccc(S(=O)(=O)Oc2cccc(/C=C3\SC(=O)N(Cc4c(F)cccc4Cl)C3=O)c2)cc1. The second kappa shape index (κ2) is 10.8. The van der Waals surface area contributed by atoms with E-state index in [1.807, 2.05) is 0 Å². The van der Waals surface area contributed by atoms with Crippen LogP contribution in [0.2, 0.25) is 5.02 Å². The van der Waals surface area contributed by atoms with Gasteiger partial charge in [0.1, 0.15) is 16.5 Å². The Balaban J connectivity index is 1.51. The van der Waals surface area contributed by atoms with E-state index in [4.69, 9.17) is 15.8 Å². The van der Waals surface area contributed by atoms with Crippen LogP contribution < -0.4 is 9.50 Å². The fourth-order valence-corrected chi connectivity index (χ4v) is 5.35. The monoisotopic (exact) mass is 560 g/mol. The van der Waals surface area contributed by atoms with Gasteiger partial charge in [0, 0.05) is 23.2 Å². The van der Waals surface area contributed by atoms with Crippen LogP contribution in [0.3, 0.4) is 0 Å². The molecule has 0 saturated carbocycles. The maximum atomic E-state index is 14.1. The molecule has 1 aliphatic rings. The van der Waals surface area contributed by atoms with Crippen molar-refractivity contribution in [2.45, 2.75) is 18.4 Å². The molecule has 3 amide bonds. The molecule has 1 heterocycles. The number of anilines is 1. The van der Waals surface area contributed by atoms with E-state index in [-0.39, 0.29) is 38.6 Å². The zero-order chi connectivity index (χ0) is 26.7. The highest BCUT2D eigenvalue weighted by molar-refractivity contribution is 8.18. The van der Waals surface area contributed by atoms with E-state index >= 15 is 0 Å². The first-order valence-electron chi connectivity index (χ1n) is 10.6. The number of nitrogens with zero attached hydrogens (tertiary/aromatic N) is 1. The van der Waals surface area contributed by atoms with Gasteiger partial charge in [-0.1, -0.05) is 29.8 Å². The summed E-state index contributed by atoms with van der Waals surface area (Å²) in [5.41, 5.74) is 0.862. The molecule has 1 N–H and O–H groups in total. The highest BCUT2D eigenvalue weighted by Gasteiger charge is 2.36. The lowest BCUT2D eigenvalue weighted by Gasteiger charge is -2.14. The van der Waals surface area contributed by atoms with Crippen molar-refractivity contribution in [1.29, 1.82) is 0 Å². The zero-order valence-corrected chi connectivity index (χ0v) is 21.5. The predicted octanol–water partition coefficient (Wildman–Crippen LogP) is 5.44. The van der Waals surface area contributed by atoms with Crippen LogP contribution in [-0.4, -0.2) is 30.4 Å². The average Bonchev–Trinajstić information content (AvgIpc) is 3.08. The van der Waals surface area contributed by atoms with E-state index in [1.54, 1.807) is 6.07 Å². The molecule has 1 saturated heterocycles. The molecule has 0 spiro atoms. The number of carbonyl (C=O) groups excluding carboxylic acids is 3. The van der Waals surface area contributed by atoms with Crippen LogP contribution in [0.1, 0.15) is 18.1 Å². The minimum absolute atomic E-state index is 0.0166. The Hall–Kier alpha value is -3.67. The van der Waals surface area contributed by atoms with Crippen molar-refractivity contribution >= 4 is 62.3 Å². The summed E-state index contributed by atoms with van der Waals surface area (Å²) in [7, 11) is -4.19. The number of hydrogen-bond acceptors (Lipinski definition) is 7. The fraction of sp³-hybridized carbons (Fsp3) is 0.0800. The summed E-state index contributed by atoms with van der Waals surface area (Å²) in [5, 5.41) is 2.05. The first-order chi connectivity index (χ1) is 17.5. The van der Waals surface area contributed by atoms with Gasteiger partial charge in [-0.3, -0.25) is 19.3 Å². The smallest absolute Gasteiger partial charge is 0.339 e. The molecule has 0 atom stereocenters. The van der Waals surface area contributed by atoms with E-state index in [0.717, 1.165) is 4.90 Å². The third-order valence-corrected chi connectivity index (χ3v) is 7.60. The summed E-state index contributed by atoms with van der Waals surface area (Å²) in [6.45, 7) is 1.01. The topological polar surface area (TPSA) is 110 Å². The number of benzene rings is 3. The predicted molar refractivity (Wildman–Crippen MR) is 138 cm³/mol. The number of rotatable bonds is 7. The van der Waals surface area contributed by atoms with E-state index < -0.39 is 27.1 Å². The van der Waals surface area contributed by atoms with Crippen molar-refractivity contribution in [2.24, 2.45) is 0 Å². The molecule has 0 aliphatic carbocycles. The lowest BCUT2D eigenvalue weighted by Crippen LogP contribution is -2.28. The third kappa shape index (κ3) is 6.19. The fourth-order valence-electron chi connectivity index (χ4n) is 3.37. The molecular formula is C25H18ClFN2O6S2. The van der Waals surface area contributed by atoms with E-state index in [9.17, 15) is 27.2 Å². The molecule has 12 heteroatoms. The van der Waals surface area contributed by atoms with E-state index in [1.165, 1.54) is 73.7 Å². The van der Waals surface area contributed by atoms with Gasteiger partial charge in [-0.25, -0.2) is 4.39 Å². The number of amides is 3.